The van der Waals surface area contributed by atoms with Gasteiger partial charge < -0.3 is 15.5 Å². The summed E-state index contributed by atoms with van der Waals surface area (Å²) in [6.45, 7) is 0.0510. The van der Waals surface area contributed by atoms with Gasteiger partial charge in [0.25, 0.3) is 11.8 Å². The highest BCUT2D eigenvalue weighted by molar-refractivity contribution is 6.34. The van der Waals surface area contributed by atoms with Crippen LogP contribution in [0.3, 0.4) is 0 Å². The molecule has 0 unspecified atom stereocenters. The second kappa shape index (κ2) is 9.52. The van der Waals surface area contributed by atoms with Gasteiger partial charge in [-0.2, -0.15) is 0 Å². The lowest BCUT2D eigenvalue weighted by atomic mass is 10.1. The third-order valence-electron chi connectivity index (χ3n) is 3.70. The molecule has 0 aromatic heterocycles. The number of hydrogen-bond donors (Lipinski definition) is 2. The van der Waals surface area contributed by atoms with Crippen molar-refractivity contribution in [3.63, 3.8) is 0 Å². The van der Waals surface area contributed by atoms with Gasteiger partial charge in [0.15, 0.2) is 0 Å². The average Bonchev–Trinajstić information content (AvgIpc) is 2.62. The smallest absolute Gasteiger partial charge is 0.254 e. The number of nitrogens with one attached hydrogen (secondary N) is 2. The summed E-state index contributed by atoms with van der Waals surface area (Å²) < 4.78 is 13.0. The first-order valence-electron chi connectivity index (χ1n) is 8.23. The van der Waals surface area contributed by atoms with Gasteiger partial charge in [0, 0.05) is 32.7 Å². The molecular formula is C19H18Cl2FN3O3. The Labute approximate surface area is 171 Å². The number of rotatable bonds is 6. The molecule has 6 nitrogen and oxygen atoms in total. The van der Waals surface area contributed by atoms with Crippen molar-refractivity contribution in [3.05, 3.63) is 63.4 Å². The second-order valence-corrected chi connectivity index (χ2v) is 6.89. The fraction of sp³-hybridized carbons (Fsp3) is 0.211. The van der Waals surface area contributed by atoms with Crippen LogP contribution in [0.5, 0.6) is 0 Å². The van der Waals surface area contributed by atoms with E-state index in [2.05, 4.69) is 10.6 Å². The standard InChI is InChI=1S/C19H18Cl2FN3O3/c1-25(2)19(28)14-10-12(4-6-15(14)20)24-17(26)7-8-23-18(27)13-5-3-11(22)9-16(13)21/h3-6,9-10H,7-8H2,1-2H3,(H,23,27)(H,24,26). The third kappa shape index (κ3) is 5.68. The van der Waals surface area contributed by atoms with Crippen LogP contribution in [0.25, 0.3) is 0 Å². The van der Waals surface area contributed by atoms with Gasteiger partial charge in [0.2, 0.25) is 5.91 Å². The van der Waals surface area contributed by atoms with Gasteiger partial charge in [0.1, 0.15) is 5.82 Å². The summed E-state index contributed by atoms with van der Waals surface area (Å²) in [6, 6.07) is 8.01. The van der Waals surface area contributed by atoms with Crippen molar-refractivity contribution in [2.75, 3.05) is 26.0 Å². The Kier molecular flexibility index (Phi) is 7.37. The molecule has 9 heteroatoms. The molecule has 0 radical (unpaired) electrons. The van der Waals surface area contributed by atoms with E-state index in [9.17, 15) is 18.8 Å². The van der Waals surface area contributed by atoms with Crippen molar-refractivity contribution >= 4 is 46.6 Å². The molecular weight excluding hydrogens is 408 g/mol. The van der Waals surface area contributed by atoms with Crippen molar-refractivity contribution in [2.45, 2.75) is 6.42 Å². The Morgan fingerprint density at radius 3 is 2.36 bits per heavy atom. The van der Waals surface area contributed by atoms with Crippen molar-refractivity contribution < 1.29 is 18.8 Å². The van der Waals surface area contributed by atoms with E-state index < -0.39 is 11.7 Å². The molecule has 0 saturated carbocycles. The molecule has 0 aliphatic heterocycles. The predicted molar refractivity (Wildman–Crippen MR) is 106 cm³/mol. The van der Waals surface area contributed by atoms with E-state index in [0.29, 0.717) is 5.69 Å². The number of benzene rings is 2. The summed E-state index contributed by atoms with van der Waals surface area (Å²) in [4.78, 5) is 37.6. The van der Waals surface area contributed by atoms with Crippen LogP contribution < -0.4 is 10.6 Å². The van der Waals surface area contributed by atoms with Crippen molar-refractivity contribution in [1.29, 1.82) is 0 Å². The zero-order valence-corrected chi connectivity index (χ0v) is 16.7. The molecule has 0 saturated heterocycles. The van der Waals surface area contributed by atoms with Gasteiger partial charge >= 0.3 is 0 Å². The van der Waals surface area contributed by atoms with Crippen LogP contribution in [-0.4, -0.2) is 43.3 Å². The quantitative estimate of drug-likeness (QED) is 0.741. The maximum absolute atomic E-state index is 13.0. The van der Waals surface area contributed by atoms with Gasteiger partial charge in [-0.05, 0) is 36.4 Å². The largest absolute Gasteiger partial charge is 0.351 e. The Bertz CT molecular complexity index is 919. The lowest BCUT2D eigenvalue weighted by Crippen LogP contribution is -2.28. The molecule has 2 rings (SSSR count). The average molecular weight is 426 g/mol. The fourth-order valence-corrected chi connectivity index (χ4v) is 2.74. The summed E-state index contributed by atoms with van der Waals surface area (Å²) >= 11 is 11.9. The highest BCUT2D eigenvalue weighted by Gasteiger charge is 2.15. The predicted octanol–water partition coefficient (Wildman–Crippen LogP) is 3.59. The van der Waals surface area contributed by atoms with Gasteiger partial charge in [-0.15, -0.1) is 0 Å². The lowest BCUT2D eigenvalue weighted by Gasteiger charge is -2.13. The van der Waals surface area contributed by atoms with Gasteiger partial charge in [0.05, 0.1) is 21.2 Å². The zero-order chi connectivity index (χ0) is 20.8. The van der Waals surface area contributed by atoms with Crippen LogP contribution in [0.1, 0.15) is 27.1 Å². The molecule has 0 heterocycles. The molecule has 0 aliphatic carbocycles. The first-order chi connectivity index (χ1) is 13.2. The van der Waals surface area contributed by atoms with E-state index in [1.165, 1.54) is 23.1 Å². The molecule has 0 atom stereocenters. The third-order valence-corrected chi connectivity index (χ3v) is 4.34. The summed E-state index contributed by atoms with van der Waals surface area (Å²) in [5.74, 6) is -1.71. The number of amides is 3. The summed E-state index contributed by atoms with van der Waals surface area (Å²) in [5, 5.41) is 5.45. The zero-order valence-electron chi connectivity index (χ0n) is 15.2. The maximum atomic E-state index is 13.0. The van der Waals surface area contributed by atoms with E-state index in [4.69, 9.17) is 23.2 Å². The normalized spacial score (nSPS) is 10.3. The molecule has 0 bridgehead atoms. The first-order valence-corrected chi connectivity index (χ1v) is 8.99. The lowest BCUT2D eigenvalue weighted by molar-refractivity contribution is -0.116. The molecule has 28 heavy (non-hydrogen) atoms. The number of anilines is 1. The second-order valence-electron chi connectivity index (χ2n) is 6.07. The maximum Gasteiger partial charge on any atom is 0.254 e. The minimum absolute atomic E-state index is 0.00978. The number of carbonyl (C=O) groups excluding carboxylic acids is 3. The Balaban J connectivity index is 1.91. The minimum atomic E-state index is -0.545. The molecule has 0 spiro atoms. The number of hydrogen-bond acceptors (Lipinski definition) is 3. The number of halogens is 3. The Hall–Kier alpha value is -2.64. The SMILES string of the molecule is CN(C)C(=O)c1cc(NC(=O)CCNC(=O)c2ccc(F)cc2Cl)ccc1Cl. The van der Waals surface area contributed by atoms with E-state index in [1.807, 2.05) is 0 Å². The highest BCUT2D eigenvalue weighted by atomic mass is 35.5. The summed E-state index contributed by atoms with van der Waals surface area (Å²) in [7, 11) is 3.19. The van der Waals surface area contributed by atoms with Crippen LogP contribution in [0.2, 0.25) is 10.0 Å². The van der Waals surface area contributed by atoms with Gasteiger partial charge in [-0.1, -0.05) is 23.2 Å². The van der Waals surface area contributed by atoms with Crippen molar-refractivity contribution in [1.82, 2.24) is 10.2 Å². The van der Waals surface area contributed by atoms with Gasteiger partial charge in [-0.3, -0.25) is 14.4 Å². The van der Waals surface area contributed by atoms with Crippen LogP contribution in [-0.2, 0) is 4.79 Å². The molecule has 0 fully saturated rings. The molecule has 3 amide bonds. The summed E-state index contributed by atoms with van der Waals surface area (Å²) in [5.41, 5.74) is 0.796. The molecule has 2 aromatic carbocycles. The number of carbonyl (C=O) groups is 3. The first kappa shape index (κ1) is 21.7. The van der Waals surface area contributed by atoms with Crippen LogP contribution in [0.4, 0.5) is 10.1 Å². The van der Waals surface area contributed by atoms with E-state index >= 15 is 0 Å². The number of nitrogens with zero attached hydrogens (tertiary/aromatic N) is 1. The van der Waals surface area contributed by atoms with Crippen LogP contribution in [0.15, 0.2) is 36.4 Å². The molecule has 0 aliphatic rings. The van der Waals surface area contributed by atoms with Gasteiger partial charge in [-0.25, -0.2) is 4.39 Å². The van der Waals surface area contributed by atoms with E-state index in [-0.39, 0.29) is 46.0 Å². The Morgan fingerprint density at radius 2 is 1.71 bits per heavy atom. The van der Waals surface area contributed by atoms with Crippen LogP contribution >= 0.6 is 23.2 Å². The topological polar surface area (TPSA) is 78.5 Å². The summed E-state index contributed by atoms with van der Waals surface area (Å²) in [6.07, 6.45) is -0.00978. The van der Waals surface area contributed by atoms with Crippen molar-refractivity contribution in [3.8, 4) is 0 Å². The Morgan fingerprint density at radius 1 is 1.00 bits per heavy atom. The molecule has 148 valence electrons. The highest BCUT2D eigenvalue weighted by Crippen LogP contribution is 2.22. The van der Waals surface area contributed by atoms with Crippen LogP contribution in [0, 0.1) is 5.82 Å². The molecule has 2 aromatic rings. The van der Waals surface area contributed by atoms with E-state index in [0.717, 1.165) is 12.1 Å². The molecule has 2 N–H and O–H groups in total. The monoisotopic (exact) mass is 425 g/mol. The minimum Gasteiger partial charge on any atom is -0.351 e. The van der Waals surface area contributed by atoms with E-state index in [1.54, 1.807) is 20.2 Å². The fourth-order valence-electron chi connectivity index (χ4n) is 2.29. The van der Waals surface area contributed by atoms with Crippen molar-refractivity contribution in [2.24, 2.45) is 0 Å².